The normalized spacial score (nSPS) is 9.19. The zero-order valence-corrected chi connectivity index (χ0v) is 40.1. The van der Waals surface area contributed by atoms with Gasteiger partial charge < -0.3 is 21.3 Å². The minimum atomic E-state index is 0.663. The van der Waals surface area contributed by atoms with E-state index >= 15 is 0 Å². The molecule has 4 N–H and O–H groups in total. The molecule has 4 aromatic carbocycles. The number of anilines is 4. The molecule has 8 rings (SSSR count). The highest BCUT2D eigenvalue weighted by Gasteiger charge is 2.05. The highest BCUT2D eigenvalue weighted by molar-refractivity contribution is 5.40. The van der Waals surface area contributed by atoms with Gasteiger partial charge in [-0.3, -0.25) is 0 Å². The van der Waals surface area contributed by atoms with Crippen molar-refractivity contribution in [2.24, 2.45) is 0 Å². The van der Waals surface area contributed by atoms with Gasteiger partial charge >= 0.3 is 0 Å². The molecule has 0 atom stereocenters. The van der Waals surface area contributed by atoms with Crippen molar-refractivity contribution in [1.29, 1.82) is 0 Å². The van der Waals surface area contributed by atoms with Crippen LogP contribution in [0.2, 0.25) is 0 Å². The molecule has 0 aliphatic carbocycles. The van der Waals surface area contributed by atoms with Crippen LogP contribution in [0.3, 0.4) is 0 Å². The lowest BCUT2D eigenvalue weighted by atomic mass is 10.3. The Morgan fingerprint density at radius 2 is 0.641 bits per heavy atom. The van der Waals surface area contributed by atoms with Crippen molar-refractivity contribution < 1.29 is 0 Å². The van der Waals surface area contributed by atoms with Crippen molar-refractivity contribution in [3.63, 3.8) is 0 Å². The van der Waals surface area contributed by atoms with E-state index in [0.717, 1.165) is 60.8 Å². The van der Waals surface area contributed by atoms with Gasteiger partial charge in [-0.1, -0.05) is 128 Å². The smallest absolute Gasteiger partial charge is 0.242 e. The predicted octanol–water partition coefficient (Wildman–Crippen LogP) is 10.9. The number of nitrogens with one attached hydrogen (secondary N) is 4. The minimum absolute atomic E-state index is 0.663. The molecule has 0 aliphatic heterocycles. The lowest BCUT2D eigenvalue weighted by Gasteiger charge is -2.05. The maximum Gasteiger partial charge on any atom is 0.242 e. The highest BCUT2D eigenvalue weighted by Crippen LogP contribution is 2.12. The minimum Gasteiger partial charge on any atom is -0.354 e. The molecular weight excluding hydrogens is 801 g/mol. The monoisotopic (exact) mass is 873 g/mol. The van der Waals surface area contributed by atoms with Gasteiger partial charge in [0, 0.05) is 26.2 Å². The first-order valence-corrected chi connectivity index (χ1v) is 22.4. The molecule has 0 saturated carbocycles. The quantitative estimate of drug-likeness (QED) is 0.0917. The van der Waals surface area contributed by atoms with Gasteiger partial charge in [-0.05, 0) is 76.2 Å². The van der Waals surface area contributed by atoms with Crippen molar-refractivity contribution in [1.82, 2.24) is 59.1 Å². The topological polar surface area (TPSA) is 171 Å². The molecule has 0 aliphatic rings. The highest BCUT2D eigenvalue weighted by atomic mass is 15.4. The molecule has 0 bridgehead atoms. The van der Waals surface area contributed by atoms with Crippen molar-refractivity contribution in [3.05, 3.63) is 147 Å². The van der Waals surface area contributed by atoms with Gasteiger partial charge in [-0.15, -0.1) is 10.2 Å². The summed E-state index contributed by atoms with van der Waals surface area (Å²) in [6, 6.07) is 39.7. The van der Waals surface area contributed by atoms with E-state index in [1.54, 1.807) is 44.0 Å². The summed E-state index contributed by atoms with van der Waals surface area (Å²) in [5, 5.41) is 29.2. The van der Waals surface area contributed by atoms with E-state index in [0.29, 0.717) is 11.9 Å². The third-order valence-electron chi connectivity index (χ3n) is 7.46. The van der Waals surface area contributed by atoms with Crippen LogP contribution in [0.4, 0.5) is 23.8 Å². The van der Waals surface area contributed by atoms with E-state index in [9.17, 15) is 0 Å². The van der Waals surface area contributed by atoms with Gasteiger partial charge in [0.2, 0.25) is 23.8 Å². The van der Waals surface area contributed by atoms with Crippen molar-refractivity contribution in [2.45, 2.75) is 83.1 Å². The van der Waals surface area contributed by atoms with E-state index in [4.69, 9.17) is 0 Å². The number of rotatable bonds is 12. The molecule has 0 spiro atoms. The number of hydrogen-bond acceptors (Lipinski definition) is 12. The zero-order valence-electron chi connectivity index (χ0n) is 40.1. The van der Waals surface area contributed by atoms with E-state index in [1.807, 2.05) is 204 Å². The Balaban J connectivity index is 0.000000405. The Labute approximate surface area is 381 Å². The molecule has 16 nitrogen and oxygen atoms in total. The predicted molar refractivity (Wildman–Crippen MR) is 267 cm³/mol. The average Bonchev–Trinajstić information content (AvgIpc) is 4.24. The number of benzene rings is 4. The summed E-state index contributed by atoms with van der Waals surface area (Å²) in [7, 11) is 0. The van der Waals surface area contributed by atoms with Gasteiger partial charge in [-0.25, -0.2) is 19.3 Å². The SMILES string of the molecule is CC.CC.CC.CC.CCNc1ncn(-c2ccccc2)n1.CCNc1ncn(-c2ccccc2)n1.CCNc1ncnn1-c1ccccc1.CCNc1ncnn1-c1ccccc1. The molecule has 0 fully saturated rings. The first-order valence-electron chi connectivity index (χ1n) is 22.4. The second kappa shape index (κ2) is 35.3. The molecule has 344 valence electrons. The third kappa shape index (κ3) is 19.1. The molecule has 64 heavy (non-hydrogen) atoms. The first kappa shape index (κ1) is 54.7. The third-order valence-corrected chi connectivity index (χ3v) is 7.46. The standard InChI is InChI=1S/4C10H12N4.4C2H6/c2*1-2-11-10-12-8-14(13-10)9-6-4-3-5-7-9;2*1-2-11-10-12-8-13-14(10)9-6-4-3-5-7-9;4*1-2/h2*3-8H,2H2,1H3,(H,11,13);2*3-8H,2H2,1H3,(H,11,12,13);4*1-2H3. The lowest BCUT2D eigenvalue weighted by molar-refractivity contribution is 0.877. The molecule has 4 aromatic heterocycles. The number of aromatic nitrogens is 12. The van der Waals surface area contributed by atoms with Crippen molar-refractivity contribution >= 4 is 23.8 Å². The van der Waals surface area contributed by atoms with E-state index in [2.05, 4.69) is 61.6 Å². The Kier molecular flexibility index (Phi) is 30.1. The maximum absolute atomic E-state index is 4.26. The van der Waals surface area contributed by atoms with Crippen LogP contribution >= 0.6 is 0 Å². The van der Waals surface area contributed by atoms with E-state index in [-0.39, 0.29) is 0 Å². The van der Waals surface area contributed by atoms with E-state index in [1.165, 1.54) is 0 Å². The Morgan fingerprint density at radius 3 is 0.922 bits per heavy atom. The average molecular weight is 873 g/mol. The molecule has 8 aromatic rings. The maximum atomic E-state index is 4.26. The summed E-state index contributed by atoms with van der Waals surface area (Å²) in [5.74, 6) is 2.88. The Morgan fingerprint density at radius 1 is 0.359 bits per heavy atom. The molecule has 0 amide bonds. The summed E-state index contributed by atoms with van der Waals surface area (Å²) in [5.41, 5.74) is 4.07. The number of hydrogen-bond donors (Lipinski definition) is 4. The summed E-state index contributed by atoms with van der Waals surface area (Å²) in [6.07, 6.45) is 6.50. The van der Waals surface area contributed by atoms with Crippen LogP contribution in [-0.2, 0) is 0 Å². The summed E-state index contributed by atoms with van der Waals surface area (Å²) in [6.45, 7) is 27.4. The fourth-order valence-electron chi connectivity index (χ4n) is 4.97. The van der Waals surface area contributed by atoms with Crippen LogP contribution in [-0.4, -0.2) is 85.2 Å². The first-order chi connectivity index (χ1) is 31.6. The van der Waals surface area contributed by atoms with Crippen LogP contribution in [0.15, 0.2) is 147 Å². The zero-order chi connectivity index (χ0) is 47.2. The molecular formula is C48H72N16. The molecule has 0 radical (unpaired) electrons. The van der Waals surface area contributed by atoms with Crippen LogP contribution < -0.4 is 21.3 Å². The van der Waals surface area contributed by atoms with Gasteiger partial charge in [0.05, 0.1) is 22.7 Å². The largest absolute Gasteiger partial charge is 0.354 e. The van der Waals surface area contributed by atoms with Gasteiger partial charge in [0.25, 0.3) is 0 Å². The second-order valence-electron chi connectivity index (χ2n) is 11.5. The molecule has 0 saturated heterocycles. The summed E-state index contributed by atoms with van der Waals surface area (Å²) in [4.78, 5) is 16.5. The van der Waals surface area contributed by atoms with E-state index < -0.39 is 0 Å². The molecule has 4 heterocycles. The molecule has 0 unspecified atom stereocenters. The van der Waals surface area contributed by atoms with Crippen molar-refractivity contribution in [2.75, 3.05) is 47.4 Å². The fourth-order valence-corrected chi connectivity index (χ4v) is 4.97. The van der Waals surface area contributed by atoms with Crippen LogP contribution in [0.25, 0.3) is 22.7 Å². The Hall–Kier alpha value is -7.36. The van der Waals surface area contributed by atoms with Crippen LogP contribution in [0, 0.1) is 0 Å². The fraction of sp³-hybridized carbons (Fsp3) is 0.333. The van der Waals surface area contributed by atoms with Gasteiger partial charge in [0.1, 0.15) is 25.3 Å². The van der Waals surface area contributed by atoms with Gasteiger partial charge in [0.15, 0.2) is 0 Å². The second-order valence-corrected chi connectivity index (χ2v) is 11.5. The Bertz CT molecular complexity index is 2060. The molecule has 16 heteroatoms. The lowest BCUT2D eigenvalue weighted by Crippen LogP contribution is -2.06. The van der Waals surface area contributed by atoms with Crippen LogP contribution in [0.5, 0.6) is 0 Å². The summed E-state index contributed by atoms with van der Waals surface area (Å²) < 4.78 is 7.06. The van der Waals surface area contributed by atoms with Gasteiger partial charge in [-0.2, -0.15) is 29.5 Å². The van der Waals surface area contributed by atoms with Crippen LogP contribution in [0.1, 0.15) is 83.1 Å². The number of para-hydroxylation sites is 4. The van der Waals surface area contributed by atoms with Crippen molar-refractivity contribution in [3.8, 4) is 22.7 Å². The summed E-state index contributed by atoms with van der Waals surface area (Å²) >= 11 is 0. The number of nitrogens with zero attached hydrogens (tertiary/aromatic N) is 12.